The molecule has 19 heavy (non-hydrogen) atoms. The lowest BCUT2D eigenvalue weighted by Crippen LogP contribution is -2.05. The van der Waals surface area contributed by atoms with E-state index in [-0.39, 0.29) is 10.8 Å². The van der Waals surface area contributed by atoms with Crippen molar-refractivity contribution in [2.75, 3.05) is 6.61 Å². The Morgan fingerprint density at radius 2 is 2.11 bits per heavy atom. The zero-order valence-corrected chi connectivity index (χ0v) is 10.8. The lowest BCUT2D eigenvalue weighted by Gasteiger charge is -2.04. The van der Waals surface area contributed by atoms with Gasteiger partial charge >= 0.3 is 5.82 Å². The highest BCUT2D eigenvalue weighted by molar-refractivity contribution is 6.32. The Morgan fingerprint density at radius 1 is 1.37 bits per heavy atom. The molecule has 0 amide bonds. The van der Waals surface area contributed by atoms with E-state index in [1.54, 1.807) is 0 Å². The fourth-order valence-electron chi connectivity index (χ4n) is 1.56. The van der Waals surface area contributed by atoms with Gasteiger partial charge in [-0.2, -0.15) is 4.68 Å². The Hall–Kier alpha value is -2.08. The van der Waals surface area contributed by atoms with E-state index in [0.717, 1.165) is 5.75 Å². The predicted molar refractivity (Wildman–Crippen MR) is 70.4 cm³/mol. The zero-order chi connectivity index (χ0) is 13.7. The number of hydrogen-bond acceptors (Lipinski definition) is 4. The second-order valence-electron chi connectivity index (χ2n) is 3.84. The molecule has 2 aromatic rings. The largest absolute Gasteiger partial charge is 0.494 e. The number of nitrogens with zero attached hydrogens (tertiary/aromatic N) is 3. The van der Waals surface area contributed by atoms with E-state index >= 15 is 0 Å². The molecule has 0 aliphatic rings. The molecule has 100 valence electrons. The normalized spacial score (nSPS) is 10.4. The van der Waals surface area contributed by atoms with Gasteiger partial charge in [-0.1, -0.05) is 29.8 Å². The lowest BCUT2D eigenvalue weighted by molar-refractivity contribution is -0.389. The second kappa shape index (κ2) is 6.19. The van der Waals surface area contributed by atoms with Crippen LogP contribution < -0.4 is 4.74 Å². The van der Waals surface area contributed by atoms with Gasteiger partial charge in [0.05, 0.1) is 24.4 Å². The summed E-state index contributed by atoms with van der Waals surface area (Å²) in [6, 6.07) is 9.45. The minimum absolute atomic E-state index is 0.0500. The molecule has 1 aromatic heterocycles. The van der Waals surface area contributed by atoms with Crippen LogP contribution in [-0.2, 0) is 6.54 Å². The van der Waals surface area contributed by atoms with Gasteiger partial charge in [0.25, 0.3) is 0 Å². The van der Waals surface area contributed by atoms with Crippen LogP contribution in [0.2, 0.25) is 5.02 Å². The average Bonchev–Trinajstić information content (AvgIpc) is 2.77. The fourth-order valence-corrected chi connectivity index (χ4v) is 1.78. The summed E-state index contributed by atoms with van der Waals surface area (Å²) in [6.07, 6.45) is 2.13. The van der Waals surface area contributed by atoms with Gasteiger partial charge in [0.15, 0.2) is 5.02 Å². The highest BCUT2D eigenvalue weighted by atomic mass is 35.5. The molecule has 0 N–H and O–H groups in total. The third-order valence-corrected chi connectivity index (χ3v) is 2.68. The molecule has 0 aliphatic heterocycles. The van der Waals surface area contributed by atoms with Crippen molar-refractivity contribution < 1.29 is 9.66 Å². The van der Waals surface area contributed by atoms with Crippen molar-refractivity contribution in [2.45, 2.75) is 13.0 Å². The van der Waals surface area contributed by atoms with E-state index in [1.807, 2.05) is 30.3 Å². The molecule has 0 bridgehead atoms. The second-order valence-corrected chi connectivity index (χ2v) is 4.24. The Labute approximate surface area is 114 Å². The molecule has 0 aliphatic carbocycles. The number of rotatable bonds is 6. The molecular weight excluding hydrogens is 270 g/mol. The summed E-state index contributed by atoms with van der Waals surface area (Å²) in [5, 5.41) is 14.4. The maximum atomic E-state index is 10.6. The van der Waals surface area contributed by atoms with Crippen molar-refractivity contribution in [3.05, 3.63) is 51.7 Å². The highest BCUT2D eigenvalue weighted by Gasteiger charge is 2.18. The van der Waals surface area contributed by atoms with Gasteiger partial charge in [-0.3, -0.25) is 0 Å². The number of aromatic nitrogens is 2. The summed E-state index contributed by atoms with van der Waals surface area (Å²) < 4.78 is 6.96. The first kappa shape index (κ1) is 13.4. The monoisotopic (exact) mass is 281 g/mol. The molecule has 1 heterocycles. The number of para-hydroxylation sites is 1. The number of halogens is 1. The van der Waals surface area contributed by atoms with Crippen molar-refractivity contribution in [3.8, 4) is 5.75 Å². The summed E-state index contributed by atoms with van der Waals surface area (Å²) in [4.78, 5) is 9.97. The fraction of sp³-hybridized carbons (Fsp3) is 0.250. The van der Waals surface area contributed by atoms with E-state index in [0.29, 0.717) is 19.6 Å². The summed E-state index contributed by atoms with van der Waals surface area (Å²) in [5.74, 6) is 0.484. The van der Waals surface area contributed by atoms with Crippen LogP contribution in [0.3, 0.4) is 0 Å². The van der Waals surface area contributed by atoms with E-state index in [4.69, 9.17) is 16.3 Å². The maximum absolute atomic E-state index is 10.6. The van der Waals surface area contributed by atoms with E-state index < -0.39 is 4.92 Å². The first-order valence-electron chi connectivity index (χ1n) is 5.72. The zero-order valence-electron chi connectivity index (χ0n) is 10.0. The average molecular weight is 282 g/mol. The topological polar surface area (TPSA) is 70.2 Å². The van der Waals surface area contributed by atoms with Gasteiger partial charge in [-0.05, 0) is 17.1 Å². The van der Waals surface area contributed by atoms with Crippen LogP contribution in [0, 0.1) is 10.1 Å². The number of hydrogen-bond donors (Lipinski definition) is 0. The minimum atomic E-state index is -0.598. The molecule has 2 rings (SSSR count). The molecule has 7 heteroatoms. The summed E-state index contributed by atoms with van der Waals surface area (Å²) in [5.41, 5.74) is 0. The first-order chi connectivity index (χ1) is 9.16. The standard InChI is InChI=1S/C12H12ClN3O3/c13-11-9-15(14-12(11)16(17)18)7-4-8-19-10-5-2-1-3-6-10/h1-3,5-6,9H,4,7-8H2. The van der Waals surface area contributed by atoms with Gasteiger partial charge < -0.3 is 14.9 Å². The van der Waals surface area contributed by atoms with Gasteiger partial charge in [0, 0.05) is 6.42 Å². The highest BCUT2D eigenvalue weighted by Crippen LogP contribution is 2.21. The number of ether oxygens (including phenoxy) is 1. The number of aryl methyl sites for hydroxylation is 1. The Kier molecular flexibility index (Phi) is 4.35. The Balaban J connectivity index is 1.80. The van der Waals surface area contributed by atoms with Gasteiger partial charge in [0.1, 0.15) is 5.75 Å². The Morgan fingerprint density at radius 3 is 2.74 bits per heavy atom. The molecule has 0 saturated heterocycles. The SMILES string of the molecule is O=[N+]([O-])c1nn(CCCOc2ccccc2)cc1Cl. The third-order valence-electron chi connectivity index (χ3n) is 2.42. The molecule has 0 radical (unpaired) electrons. The third kappa shape index (κ3) is 3.69. The summed E-state index contributed by atoms with van der Waals surface area (Å²) in [7, 11) is 0. The van der Waals surface area contributed by atoms with E-state index in [9.17, 15) is 10.1 Å². The predicted octanol–water partition coefficient (Wildman–Crippen LogP) is 2.91. The molecule has 0 spiro atoms. The molecule has 6 nitrogen and oxygen atoms in total. The molecular formula is C12H12ClN3O3. The lowest BCUT2D eigenvalue weighted by atomic mass is 10.3. The van der Waals surface area contributed by atoms with Gasteiger partial charge in [-0.15, -0.1) is 0 Å². The molecule has 0 atom stereocenters. The van der Waals surface area contributed by atoms with Crippen LogP contribution in [-0.4, -0.2) is 21.3 Å². The van der Waals surface area contributed by atoms with Crippen molar-refractivity contribution >= 4 is 17.4 Å². The van der Waals surface area contributed by atoms with Crippen molar-refractivity contribution in [2.24, 2.45) is 0 Å². The first-order valence-corrected chi connectivity index (χ1v) is 6.10. The molecule has 1 aromatic carbocycles. The molecule has 0 fully saturated rings. The maximum Gasteiger partial charge on any atom is 0.408 e. The van der Waals surface area contributed by atoms with Crippen LogP contribution in [0.25, 0.3) is 0 Å². The van der Waals surface area contributed by atoms with E-state index in [1.165, 1.54) is 10.9 Å². The van der Waals surface area contributed by atoms with Crippen LogP contribution in [0.15, 0.2) is 36.5 Å². The number of nitro groups is 1. The van der Waals surface area contributed by atoms with Crippen molar-refractivity contribution in [3.63, 3.8) is 0 Å². The van der Waals surface area contributed by atoms with Crippen LogP contribution >= 0.6 is 11.6 Å². The Bertz CT molecular complexity index is 557. The summed E-state index contributed by atoms with van der Waals surface area (Å²) >= 11 is 5.69. The van der Waals surface area contributed by atoms with E-state index in [2.05, 4.69) is 5.10 Å². The quantitative estimate of drug-likeness (QED) is 0.464. The molecule has 0 saturated carbocycles. The van der Waals surface area contributed by atoms with Crippen molar-refractivity contribution in [1.82, 2.24) is 9.78 Å². The van der Waals surface area contributed by atoms with Crippen LogP contribution in [0.4, 0.5) is 5.82 Å². The molecule has 0 unspecified atom stereocenters. The van der Waals surface area contributed by atoms with Crippen LogP contribution in [0.5, 0.6) is 5.75 Å². The smallest absolute Gasteiger partial charge is 0.408 e. The van der Waals surface area contributed by atoms with Crippen LogP contribution in [0.1, 0.15) is 6.42 Å². The van der Waals surface area contributed by atoms with Gasteiger partial charge in [-0.25, -0.2) is 0 Å². The minimum Gasteiger partial charge on any atom is -0.494 e. The van der Waals surface area contributed by atoms with Gasteiger partial charge in [0.2, 0.25) is 0 Å². The summed E-state index contributed by atoms with van der Waals surface area (Å²) in [6.45, 7) is 1.02. The van der Waals surface area contributed by atoms with Crippen molar-refractivity contribution in [1.29, 1.82) is 0 Å². The number of benzene rings is 1.